The number of aromatic amines is 1. The van der Waals surface area contributed by atoms with Crippen LogP contribution in [-0.2, 0) is 17.6 Å². The predicted molar refractivity (Wildman–Crippen MR) is 80.9 cm³/mol. The van der Waals surface area contributed by atoms with Gasteiger partial charge in [0.25, 0.3) is 0 Å². The molecule has 21 heavy (non-hydrogen) atoms. The van der Waals surface area contributed by atoms with Crippen LogP contribution in [-0.4, -0.2) is 33.9 Å². The first-order valence-electron chi connectivity index (χ1n) is 6.97. The van der Waals surface area contributed by atoms with Crippen LogP contribution in [0.2, 0.25) is 0 Å². The van der Waals surface area contributed by atoms with Crippen molar-refractivity contribution in [3.63, 3.8) is 0 Å². The lowest BCUT2D eigenvalue weighted by Gasteiger charge is -2.22. The van der Waals surface area contributed by atoms with Crippen molar-refractivity contribution in [1.82, 2.24) is 25.6 Å². The van der Waals surface area contributed by atoms with Gasteiger partial charge in [0.05, 0.1) is 17.7 Å². The standard InChI is InChI=1S/C13H18N6OS/c14-13-19-8(6-21-13)2-1-4-16-12(20)11-10-9(3-5-15-11)17-7-18-10/h6-7,11,15H,1-5H2,(H2,14,19)(H,16,20)(H,17,18). The fourth-order valence-corrected chi connectivity index (χ4v) is 3.05. The minimum absolute atomic E-state index is 0.0270. The van der Waals surface area contributed by atoms with Crippen molar-refractivity contribution in [1.29, 1.82) is 0 Å². The van der Waals surface area contributed by atoms with Gasteiger partial charge in [-0.25, -0.2) is 9.97 Å². The molecular weight excluding hydrogens is 288 g/mol. The molecule has 0 saturated carbocycles. The number of amides is 1. The third kappa shape index (κ3) is 3.22. The van der Waals surface area contributed by atoms with E-state index in [0.29, 0.717) is 11.7 Å². The lowest BCUT2D eigenvalue weighted by Crippen LogP contribution is -2.41. The average molecular weight is 306 g/mol. The lowest BCUT2D eigenvalue weighted by atomic mass is 10.0. The quantitative estimate of drug-likeness (QED) is 0.597. The smallest absolute Gasteiger partial charge is 0.243 e. The number of carbonyl (C=O) groups excluding carboxylic acids is 1. The minimum atomic E-state index is -0.352. The van der Waals surface area contributed by atoms with E-state index in [-0.39, 0.29) is 11.9 Å². The molecule has 2 aromatic rings. The number of carbonyl (C=O) groups is 1. The molecule has 1 atom stereocenters. The number of nitrogens with one attached hydrogen (secondary N) is 3. The van der Waals surface area contributed by atoms with E-state index in [2.05, 4.69) is 25.6 Å². The van der Waals surface area contributed by atoms with E-state index in [1.165, 1.54) is 11.3 Å². The van der Waals surface area contributed by atoms with Crippen molar-refractivity contribution < 1.29 is 4.79 Å². The van der Waals surface area contributed by atoms with Gasteiger partial charge in [0.2, 0.25) is 5.91 Å². The maximum atomic E-state index is 12.2. The first kappa shape index (κ1) is 14.0. The number of fused-ring (bicyclic) bond motifs is 1. The topological polar surface area (TPSA) is 109 Å². The number of thiazole rings is 1. The number of nitrogens with two attached hydrogens (primary N) is 1. The zero-order valence-electron chi connectivity index (χ0n) is 11.6. The van der Waals surface area contributed by atoms with Gasteiger partial charge in [-0.2, -0.15) is 0 Å². The second kappa shape index (κ2) is 6.23. The molecule has 0 fully saturated rings. The molecule has 1 aliphatic rings. The molecule has 112 valence electrons. The molecule has 1 aliphatic heterocycles. The fraction of sp³-hybridized carbons (Fsp3) is 0.462. The Morgan fingerprint density at radius 2 is 2.48 bits per heavy atom. The Kier molecular flexibility index (Phi) is 4.16. The van der Waals surface area contributed by atoms with Crippen molar-refractivity contribution in [3.8, 4) is 0 Å². The van der Waals surface area contributed by atoms with E-state index in [1.54, 1.807) is 6.33 Å². The molecule has 1 amide bonds. The van der Waals surface area contributed by atoms with Crippen molar-refractivity contribution >= 4 is 22.4 Å². The highest BCUT2D eigenvalue weighted by atomic mass is 32.1. The number of nitrogen functional groups attached to an aromatic ring is 1. The second-order valence-corrected chi connectivity index (χ2v) is 5.86. The fourth-order valence-electron chi connectivity index (χ4n) is 2.46. The summed E-state index contributed by atoms with van der Waals surface area (Å²) in [5, 5.41) is 8.69. The number of rotatable bonds is 5. The molecule has 8 heteroatoms. The summed E-state index contributed by atoms with van der Waals surface area (Å²) in [6.07, 6.45) is 4.18. The van der Waals surface area contributed by atoms with E-state index >= 15 is 0 Å². The third-order valence-electron chi connectivity index (χ3n) is 3.49. The number of aryl methyl sites for hydroxylation is 1. The van der Waals surface area contributed by atoms with Crippen molar-refractivity contribution in [2.75, 3.05) is 18.8 Å². The first-order valence-corrected chi connectivity index (χ1v) is 7.85. The highest BCUT2D eigenvalue weighted by Gasteiger charge is 2.27. The monoisotopic (exact) mass is 306 g/mol. The van der Waals surface area contributed by atoms with Crippen molar-refractivity contribution in [3.05, 3.63) is 28.8 Å². The van der Waals surface area contributed by atoms with Crippen molar-refractivity contribution in [2.24, 2.45) is 0 Å². The number of H-pyrrole nitrogens is 1. The third-order valence-corrected chi connectivity index (χ3v) is 4.21. The van der Waals surface area contributed by atoms with Crippen LogP contribution in [0.15, 0.2) is 11.7 Å². The van der Waals surface area contributed by atoms with Crippen LogP contribution in [0.3, 0.4) is 0 Å². The highest BCUT2D eigenvalue weighted by molar-refractivity contribution is 7.13. The summed E-state index contributed by atoms with van der Waals surface area (Å²) in [6, 6.07) is -0.352. The highest BCUT2D eigenvalue weighted by Crippen LogP contribution is 2.19. The van der Waals surface area contributed by atoms with E-state index in [4.69, 9.17) is 5.73 Å². The Morgan fingerprint density at radius 3 is 3.29 bits per heavy atom. The Bertz CT molecular complexity index is 622. The molecular formula is C13H18N6OS. The largest absolute Gasteiger partial charge is 0.375 e. The molecule has 0 aromatic carbocycles. The molecule has 0 saturated heterocycles. The Morgan fingerprint density at radius 1 is 1.57 bits per heavy atom. The van der Waals surface area contributed by atoms with Crippen LogP contribution in [0.25, 0.3) is 0 Å². The number of imidazole rings is 1. The summed E-state index contributed by atoms with van der Waals surface area (Å²) in [5.41, 5.74) is 8.43. The molecule has 3 rings (SSSR count). The van der Waals surface area contributed by atoms with Gasteiger partial charge in [-0.1, -0.05) is 0 Å². The van der Waals surface area contributed by atoms with Crippen molar-refractivity contribution in [2.45, 2.75) is 25.3 Å². The summed E-state index contributed by atoms with van der Waals surface area (Å²) in [6.45, 7) is 1.40. The zero-order chi connectivity index (χ0) is 14.7. The van der Waals surface area contributed by atoms with E-state index < -0.39 is 0 Å². The average Bonchev–Trinajstić information content (AvgIpc) is 3.11. The van der Waals surface area contributed by atoms with Crippen LogP contribution in [0.5, 0.6) is 0 Å². The Labute approximate surface area is 126 Å². The van der Waals surface area contributed by atoms with Gasteiger partial charge in [-0.15, -0.1) is 11.3 Å². The summed E-state index contributed by atoms with van der Waals surface area (Å²) in [7, 11) is 0. The van der Waals surface area contributed by atoms with Gasteiger partial charge < -0.3 is 21.4 Å². The normalized spacial score (nSPS) is 17.4. The van der Waals surface area contributed by atoms with Gasteiger partial charge in [0, 0.05) is 30.6 Å². The SMILES string of the molecule is Nc1nc(CCCNC(=O)C2NCCc3[nH]cnc32)cs1. The van der Waals surface area contributed by atoms with Gasteiger partial charge in [-0.3, -0.25) is 4.79 Å². The molecule has 2 aromatic heterocycles. The predicted octanol–water partition coefficient (Wildman–Crippen LogP) is 0.384. The van der Waals surface area contributed by atoms with Crippen LogP contribution >= 0.6 is 11.3 Å². The summed E-state index contributed by atoms with van der Waals surface area (Å²) < 4.78 is 0. The number of hydrogen-bond donors (Lipinski definition) is 4. The minimum Gasteiger partial charge on any atom is -0.375 e. The van der Waals surface area contributed by atoms with Crippen LogP contribution in [0.1, 0.15) is 29.5 Å². The number of anilines is 1. The molecule has 1 unspecified atom stereocenters. The van der Waals surface area contributed by atoms with Crippen LogP contribution < -0.4 is 16.4 Å². The maximum Gasteiger partial charge on any atom is 0.243 e. The van der Waals surface area contributed by atoms with Crippen LogP contribution in [0, 0.1) is 0 Å². The Hall–Kier alpha value is -1.93. The van der Waals surface area contributed by atoms with Gasteiger partial charge in [0.1, 0.15) is 6.04 Å². The molecule has 5 N–H and O–H groups in total. The van der Waals surface area contributed by atoms with E-state index in [9.17, 15) is 4.79 Å². The zero-order valence-corrected chi connectivity index (χ0v) is 12.4. The number of nitrogens with zero attached hydrogens (tertiary/aromatic N) is 2. The second-order valence-electron chi connectivity index (χ2n) is 4.98. The molecule has 0 spiro atoms. The summed E-state index contributed by atoms with van der Waals surface area (Å²) >= 11 is 1.44. The molecule has 0 bridgehead atoms. The maximum absolute atomic E-state index is 12.2. The Balaban J connectivity index is 1.47. The van der Waals surface area contributed by atoms with Gasteiger partial charge in [-0.05, 0) is 12.8 Å². The lowest BCUT2D eigenvalue weighted by molar-refractivity contribution is -0.123. The van der Waals surface area contributed by atoms with Crippen LogP contribution in [0.4, 0.5) is 5.13 Å². The van der Waals surface area contributed by atoms with Gasteiger partial charge in [0.15, 0.2) is 5.13 Å². The van der Waals surface area contributed by atoms with Gasteiger partial charge >= 0.3 is 0 Å². The van der Waals surface area contributed by atoms with E-state index in [1.807, 2.05) is 5.38 Å². The summed E-state index contributed by atoms with van der Waals surface area (Å²) in [4.78, 5) is 23.7. The van der Waals surface area contributed by atoms with E-state index in [0.717, 1.165) is 42.9 Å². The number of hydrogen-bond acceptors (Lipinski definition) is 6. The molecule has 0 aliphatic carbocycles. The summed E-state index contributed by atoms with van der Waals surface area (Å²) in [5.74, 6) is -0.0270. The molecule has 7 nitrogen and oxygen atoms in total. The first-order chi connectivity index (χ1) is 10.2. The molecule has 0 radical (unpaired) electrons. The molecule has 3 heterocycles. The number of aromatic nitrogens is 3.